The van der Waals surface area contributed by atoms with Crippen LogP contribution in [0.2, 0.25) is 0 Å². The fourth-order valence-electron chi connectivity index (χ4n) is 2.51. The van der Waals surface area contributed by atoms with Gasteiger partial charge < -0.3 is 25.6 Å². The Bertz CT molecular complexity index is 577. The Labute approximate surface area is 163 Å². The van der Waals surface area contributed by atoms with Crippen LogP contribution >= 0.6 is 0 Å². The van der Waals surface area contributed by atoms with Crippen molar-refractivity contribution < 1.29 is 9.53 Å². The van der Waals surface area contributed by atoms with Crippen molar-refractivity contribution in [2.45, 2.75) is 20.3 Å². The molecule has 3 N–H and O–H groups in total. The number of methoxy groups -OCH3 is 1. The number of aryl methyl sites for hydroxylation is 1. The Balaban J connectivity index is 2.30. The second-order valence-corrected chi connectivity index (χ2v) is 6.46. The average Bonchev–Trinajstić information content (AvgIpc) is 2.65. The number of rotatable bonds is 12. The van der Waals surface area contributed by atoms with E-state index in [1.807, 2.05) is 38.1 Å². The molecule has 0 unspecified atom stereocenters. The molecule has 0 aromatic heterocycles. The number of guanidine groups is 1. The summed E-state index contributed by atoms with van der Waals surface area (Å²) in [5, 5.41) is 9.40. The van der Waals surface area contributed by atoms with E-state index >= 15 is 0 Å². The average molecular weight is 378 g/mol. The lowest BCUT2D eigenvalue weighted by Crippen LogP contribution is -2.42. The van der Waals surface area contributed by atoms with E-state index < -0.39 is 0 Å². The number of carbonyl (C=O) groups excluding carboxylic acids is 1. The smallest absolute Gasteiger partial charge is 0.251 e. The van der Waals surface area contributed by atoms with E-state index in [1.165, 1.54) is 0 Å². The maximum Gasteiger partial charge on any atom is 0.251 e. The van der Waals surface area contributed by atoms with Crippen LogP contribution in [-0.4, -0.2) is 76.8 Å². The zero-order chi connectivity index (χ0) is 19.9. The Morgan fingerprint density at radius 1 is 1.19 bits per heavy atom. The van der Waals surface area contributed by atoms with Gasteiger partial charge in [0, 0.05) is 52.0 Å². The first-order valence-electron chi connectivity index (χ1n) is 9.61. The van der Waals surface area contributed by atoms with E-state index in [1.54, 1.807) is 7.11 Å². The maximum atomic E-state index is 12.1. The zero-order valence-electron chi connectivity index (χ0n) is 17.2. The van der Waals surface area contributed by atoms with Gasteiger partial charge in [0.25, 0.3) is 5.91 Å². The number of hydrogen-bond acceptors (Lipinski definition) is 4. The van der Waals surface area contributed by atoms with Crippen molar-refractivity contribution in [1.29, 1.82) is 0 Å². The molecule has 0 aliphatic rings. The maximum absolute atomic E-state index is 12.1. The summed E-state index contributed by atoms with van der Waals surface area (Å²) in [5.74, 6) is 0.715. The van der Waals surface area contributed by atoms with Crippen LogP contribution in [0, 0.1) is 6.92 Å². The largest absolute Gasteiger partial charge is 0.385 e. The second-order valence-electron chi connectivity index (χ2n) is 6.46. The van der Waals surface area contributed by atoms with Gasteiger partial charge in [0.15, 0.2) is 5.96 Å². The molecule has 27 heavy (non-hydrogen) atoms. The second kappa shape index (κ2) is 14.0. The van der Waals surface area contributed by atoms with Crippen LogP contribution < -0.4 is 16.0 Å². The van der Waals surface area contributed by atoms with Crippen LogP contribution in [-0.2, 0) is 4.74 Å². The molecule has 0 saturated heterocycles. The molecule has 1 aromatic rings. The lowest BCUT2D eigenvalue weighted by atomic mass is 10.1. The first-order chi connectivity index (χ1) is 13.1. The molecular formula is C20H35N5O2. The van der Waals surface area contributed by atoms with Crippen molar-refractivity contribution in [3.05, 3.63) is 35.4 Å². The van der Waals surface area contributed by atoms with Crippen LogP contribution in [0.4, 0.5) is 0 Å². The van der Waals surface area contributed by atoms with Crippen LogP contribution in [0.25, 0.3) is 0 Å². The minimum absolute atomic E-state index is 0.0554. The zero-order valence-corrected chi connectivity index (χ0v) is 17.2. The monoisotopic (exact) mass is 377 g/mol. The molecule has 0 aliphatic heterocycles. The number of nitrogens with zero attached hydrogens (tertiary/aromatic N) is 2. The van der Waals surface area contributed by atoms with Crippen molar-refractivity contribution in [2.24, 2.45) is 4.99 Å². The molecular weight excluding hydrogens is 342 g/mol. The number of amides is 1. The van der Waals surface area contributed by atoms with Gasteiger partial charge in [0.1, 0.15) is 0 Å². The van der Waals surface area contributed by atoms with E-state index in [0.717, 1.165) is 44.2 Å². The van der Waals surface area contributed by atoms with Crippen molar-refractivity contribution in [2.75, 3.05) is 60.0 Å². The highest BCUT2D eigenvalue weighted by atomic mass is 16.5. The summed E-state index contributed by atoms with van der Waals surface area (Å²) < 4.78 is 5.07. The van der Waals surface area contributed by atoms with Crippen LogP contribution in [0.5, 0.6) is 0 Å². The fourth-order valence-corrected chi connectivity index (χ4v) is 2.51. The predicted molar refractivity (Wildman–Crippen MR) is 111 cm³/mol. The Morgan fingerprint density at radius 3 is 2.67 bits per heavy atom. The molecule has 0 aliphatic carbocycles. The molecule has 1 aromatic carbocycles. The highest BCUT2D eigenvalue weighted by Gasteiger charge is 2.05. The minimum atomic E-state index is -0.0554. The summed E-state index contributed by atoms with van der Waals surface area (Å²) in [6.07, 6.45) is 1.02. The van der Waals surface area contributed by atoms with E-state index in [0.29, 0.717) is 25.2 Å². The summed E-state index contributed by atoms with van der Waals surface area (Å²) >= 11 is 0. The van der Waals surface area contributed by atoms with E-state index in [-0.39, 0.29) is 5.91 Å². The molecule has 0 heterocycles. The van der Waals surface area contributed by atoms with E-state index in [4.69, 9.17) is 4.74 Å². The van der Waals surface area contributed by atoms with Crippen LogP contribution in [0.3, 0.4) is 0 Å². The molecule has 1 amide bonds. The van der Waals surface area contributed by atoms with E-state index in [9.17, 15) is 4.79 Å². The predicted octanol–water partition coefficient (Wildman–Crippen LogP) is 1.25. The third-order valence-corrected chi connectivity index (χ3v) is 3.97. The van der Waals surface area contributed by atoms with Crippen LogP contribution in [0.1, 0.15) is 29.3 Å². The number of benzene rings is 1. The Morgan fingerprint density at radius 2 is 1.96 bits per heavy atom. The first kappa shape index (κ1) is 22.9. The van der Waals surface area contributed by atoms with Crippen molar-refractivity contribution >= 4 is 11.9 Å². The van der Waals surface area contributed by atoms with Gasteiger partial charge in [0.2, 0.25) is 0 Å². The van der Waals surface area contributed by atoms with E-state index in [2.05, 4.69) is 32.9 Å². The summed E-state index contributed by atoms with van der Waals surface area (Å²) in [6, 6.07) is 7.58. The van der Waals surface area contributed by atoms with Gasteiger partial charge in [-0.1, -0.05) is 17.7 Å². The molecule has 0 spiro atoms. The highest BCUT2D eigenvalue weighted by Crippen LogP contribution is 2.03. The SMILES string of the molecule is CCNC(=NCCN(C)CCCOC)NCCNC(=O)c1cccc(C)c1. The summed E-state index contributed by atoms with van der Waals surface area (Å²) in [5.41, 5.74) is 1.77. The standard InChI is InChI=1S/C20H35N5O2/c1-5-21-20(24-12-14-25(3)13-7-15-27-4)23-11-10-22-19(26)18-9-6-8-17(2)16-18/h6,8-9,16H,5,7,10-15H2,1-4H3,(H,22,26)(H2,21,23,24). The summed E-state index contributed by atoms with van der Waals surface area (Å²) in [6.45, 7) is 9.36. The molecule has 7 heteroatoms. The normalized spacial score (nSPS) is 11.5. The lowest BCUT2D eigenvalue weighted by Gasteiger charge is -2.16. The van der Waals surface area contributed by atoms with Gasteiger partial charge in [-0.2, -0.15) is 0 Å². The number of aliphatic imine (C=N–C) groups is 1. The molecule has 0 bridgehead atoms. The number of ether oxygens (including phenoxy) is 1. The lowest BCUT2D eigenvalue weighted by molar-refractivity contribution is 0.0954. The minimum Gasteiger partial charge on any atom is -0.385 e. The Kier molecular flexibility index (Phi) is 11.9. The number of hydrogen-bond donors (Lipinski definition) is 3. The van der Waals surface area contributed by atoms with Crippen molar-refractivity contribution in [3.63, 3.8) is 0 Å². The third-order valence-electron chi connectivity index (χ3n) is 3.97. The number of carbonyl (C=O) groups is 1. The molecule has 152 valence electrons. The number of nitrogens with one attached hydrogen (secondary N) is 3. The van der Waals surface area contributed by atoms with Crippen molar-refractivity contribution in [1.82, 2.24) is 20.9 Å². The number of likely N-dealkylation sites (N-methyl/N-ethyl adjacent to an activating group) is 1. The molecule has 1 rings (SSSR count). The van der Waals surface area contributed by atoms with Gasteiger partial charge in [-0.25, -0.2) is 0 Å². The van der Waals surface area contributed by atoms with Gasteiger partial charge in [0.05, 0.1) is 6.54 Å². The fraction of sp³-hybridized carbons (Fsp3) is 0.600. The molecule has 0 atom stereocenters. The third kappa shape index (κ3) is 10.6. The molecule has 0 radical (unpaired) electrons. The highest BCUT2D eigenvalue weighted by molar-refractivity contribution is 5.94. The molecule has 7 nitrogen and oxygen atoms in total. The topological polar surface area (TPSA) is 78.0 Å². The quantitative estimate of drug-likeness (QED) is 0.290. The van der Waals surface area contributed by atoms with Gasteiger partial charge in [-0.15, -0.1) is 0 Å². The van der Waals surface area contributed by atoms with Gasteiger partial charge >= 0.3 is 0 Å². The van der Waals surface area contributed by atoms with Crippen molar-refractivity contribution in [3.8, 4) is 0 Å². The van der Waals surface area contributed by atoms with Gasteiger partial charge in [-0.05, 0) is 39.4 Å². The summed E-state index contributed by atoms with van der Waals surface area (Å²) in [7, 11) is 3.81. The molecule has 0 saturated carbocycles. The summed E-state index contributed by atoms with van der Waals surface area (Å²) in [4.78, 5) is 18.9. The van der Waals surface area contributed by atoms with Gasteiger partial charge in [-0.3, -0.25) is 9.79 Å². The first-order valence-corrected chi connectivity index (χ1v) is 9.61. The van der Waals surface area contributed by atoms with Crippen LogP contribution in [0.15, 0.2) is 29.3 Å². The molecule has 0 fully saturated rings. The Hall–Kier alpha value is -2.12.